The fraction of sp³-hybridized carbons (Fsp3) is 0.786. The van der Waals surface area contributed by atoms with Crippen LogP contribution in [0.3, 0.4) is 0 Å². The first kappa shape index (κ1) is 16.3. The fourth-order valence-electron chi connectivity index (χ4n) is 2.36. The number of nitrogens with zero attached hydrogens (tertiary/aromatic N) is 2. The molecule has 0 aromatic rings. The first-order valence-corrected chi connectivity index (χ1v) is 6.67. The number of hydrogen-bond donors (Lipinski definition) is 0. The third kappa shape index (κ3) is 3.86. The smallest absolute Gasteiger partial charge is 0.410 e. The largest absolute Gasteiger partial charge is 0.469 e. The molecule has 112 valence electrons. The number of hydrogen-bond acceptors (Lipinski definition) is 5. The van der Waals surface area contributed by atoms with Gasteiger partial charge in [0.1, 0.15) is 5.60 Å². The molecule has 20 heavy (non-hydrogen) atoms. The van der Waals surface area contributed by atoms with Crippen LogP contribution < -0.4 is 0 Å². The van der Waals surface area contributed by atoms with Gasteiger partial charge >= 0.3 is 12.1 Å². The summed E-state index contributed by atoms with van der Waals surface area (Å²) in [7, 11) is 1.30. The van der Waals surface area contributed by atoms with Crippen LogP contribution in [0.2, 0.25) is 0 Å². The maximum Gasteiger partial charge on any atom is 0.410 e. The van der Waals surface area contributed by atoms with Crippen LogP contribution in [0.4, 0.5) is 4.79 Å². The topological polar surface area (TPSA) is 79.6 Å². The maximum absolute atomic E-state index is 12.1. The molecule has 0 aromatic heterocycles. The number of rotatable bonds is 2. The van der Waals surface area contributed by atoms with Gasteiger partial charge in [-0.05, 0) is 33.6 Å². The summed E-state index contributed by atoms with van der Waals surface area (Å²) in [5.41, 5.74) is -1.52. The Hall–Kier alpha value is -1.77. The molecular weight excluding hydrogens is 260 g/mol. The van der Waals surface area contributed by atoms with Gasteiger partial charge in [-0.15, -0.1) is 0 Å². The standard InChI is InChI=1S/C14H22N2O4/c1-13(2,3)20-12(18)16-9-5-6-14(10-16,7-8-15)11(17)19-4/h5-7,9-10H2,1-4H3/t14-/m0/s1. The van der Waals surface area contributed by atoms with Gasteiger partial charge in [0, 0.05) is 13.1 Å². The molecule has 6 heteroatoms. The molecule has 0 bridgehead atoms. The maximum atomic E-state index is 12.1. The van der Waals surface area contributed by atoms with Crippen LogP contribution in [0.5, 0.6) is 0 Å². The highest BCUT2D eigenvalue weighted by Crippen LogP contribution is 2.35. The lowest BCUT2D eigenvalue weighted by molar-refractivity contribution is -0.155. The van der Waals surface area contributed by atoms with Gasteiger partial charge in [-0.3, -0.25) is 4.79 Å². The molecule has 0 aromatic carbocycles. The Morgan fingerprint density at radius 2 is 2.05 bits per heavy atom. The van der Waals surface area contributed by atoms with E-state index in [1.165, 1.54) is 12.0 Å². The Morgan fingerprint density at radius 1 is 1.40 bits per heavy atom. The van der Waals surface area contributed by atoms with Crippen LogP contribution in [-0.4, -0.2) is 42.8 Å². The summed E-state index contributed by atoms with van der Waals surface area (Å²) < 4.78 is 10.1. The van der Waals surface area contributed by atoms with Crippen LogP contribution in [-0.2, 0) is 14.3 Å². The number of methoxy groups -OCH3 is 1. The SMILES string of the molecule is COC(=O)[C@]1(CC#N)CCCN(C(=O)OC(C)(C)C)C1. The second kappa shape index (κ2) is 6.12. The molecule has 1 amide bonds. The van der Waals surface area contributed by atoms with Gasteiger partial charge in [-0.25, -0.2) is 4.79 Å². The van der Waals surface area contributed by atoms with E-state index in [0.717, 1.165) is 0 Å². The number of nitriles is 1. The van der Waals surface area contributed by atoms with Crippen molar-refractivity contribution >= 4 is 12.1 Å². The van der Waals surface area contributed by atoms with E-state index in [0.29, 0.717) is 19.4 Å². The molecule has 1 saturated heterocycles. The molecule has 6 nitrogen and oxygen atoms in total. The molecular formula is C14H22N2O4. The molecule has 1 atom stereocenters. The second-order valence-corrected chi connectivity index (χ2v) is 6.11. The van der Waals surface area contributed by atoms with E-state index >= 15 is 0 Å². The van der Waals surface area contributed by atoms with E-state index in [4.69, 9.17) is 14.7 Å². The molecule has 0 aliphatic carbocycles. The molecule has 1 rings (SSSR count). The van der Waals surface area contributed by atoms with E-state index in [9.17, 15) is 9.59 Å². The quantitative estimate of drug-likeness (QED) is 0.724. The number of likely N-dealkylation sites (tertiary alicyclic amines) is 1. The summed E-state index contributed by atoms with van der Waals surface area (Å²) in [6, 6.07) is 2.02. The minimum absolute atomic E-state index is 0.0406. The van der Waals surface area contributed by atoms with Crippen molar-refractivity contribution in [1.82, 2.24) is 4.90 Å². The van der Waals surface area contributed by atoms with Gasteiger partial charge in [-0.2, -0.15) is 5.26 Å². The molecule has 1 heterocycles. The third-order valence-corrected chi connectivity index (χ3v) is 3.26. The van der Waals surface area contributed by atoms with Gasteiger partial charge in [0.25, 0.3) is 0 Å². The van der Waals surface area contributed by atoms with E-state index in [1.54, 1.807) is 20.8 Å². The molecule has 0 spiro atoms. The lowest BCUT2D eigenvalue weighted by Gasteiger charge is -2.39. The van der Waals surface area contributed by atoms with Gasteiger partial charge in [-0.1, -0.05) is 0 Å². The second-order valence-electron chi connectivity index (χ2n) is 6.11. The summed E-state index contributed by atoms with van der Waals surface area (Å²) in [5.74, 6) is -0.438. The minimum Gasteiger partial charge on any atom is -0.469 e. The number of esters is 1. The highest BCUT2D eigenvalue weighted by atomic mass is 16.6. The first-order chi connectivity index (χ1) is 9.24. The average Bonchev–Trinajstić information content (AvgIpc) is 2.36. The highest BCUT2D eigenvalue weighted by molar-refractivity contribution is 5.79. The van der Waals surface area contributed by atoms with Crippen molar-refractivity contribution in [3.63, 3.8) is 0 Å². The number of piperidine rings is 1. The highest BCUT2D eigenvalue weighted by Gasteiger charge is 2.45. The van der Waals surface area contributed by atoms with E-state index in [2.05, 4.69) is 0 Å². The average molecular weight is 282 g/mol. The van der Waals surface area contributed by atoms with Crippen molar-refractivity contribution < 1.29 is 19.1 Å². The van der Waals surface area contributed by atoms with Crippen LogP contribution >= 0.6 is 0 Å². The van der Waals surface area contributed by atoms with Crippen LogP contribution in [0.1, 0.15) is 40.0 Å². The summed E-state index contributed by atoms with van der Waals surface area (Å²) in [5, 5.41) is 8.95. The number of carbonyl (C=O) groups excluding carboxylic acids is 2. The molecule has 0 N–H and O–H groups in total. The molecule has 1 aliphatic rings. The van der Waals surface area contributed by atoms with Gasteiger partial charge in [0.2, 0.25) is 0 Å². The van der Waals surface area contributed by atoms with Crippen molar-refractivity contribution in [3.8, 4) is 6.07 Å². The predicted molar refractivity (Wildman–Crippen MR) is 71.7 cm³/mol. The fourth-order valence-corrected chi connectivity index (χ4v) is 2.36. The zero-order valence-corrected chi connectivity index (χ0v) is 12.6. The normalized spacial score (nSPS) is 22.9. The Morgan fingerprint density at radius 3 is 2.55 bits per heavy atom. The van der Waals surface area contributed by atoms with Gasteiger partial charge in [0.15, 0.2) is 0 Å². The van der Waals surface area contributed by atoms with Crippen molar-refractivity contribution in [2.75, 3.05) is 20.2 Å². The summed E-state index contributed by atoms with van der Waals surface area (Å²) in [6.45, 7) is 6.06. The summed E-state index contributed by atoms with van der Waals surface area (Å²) in [6.07, 6.45) is 0.782. The number of carbonyl (C=O) groups is 2. The van der Waals surface area contributed by atoms with E-state index < -0.39 is 23.1 Å². The Labute approximate surface area is 119 Å². The minimum atomic E-state index is -0.932. The molecule has 0 unspecified atom stereocenters. The van der Waals surface area contributed by atoms with E-state index in [-0.39, 0.29) is 13.0 Å². The van der Waals surface area contributed by atoms with Crippen molar-refractivity contribution in [3.05, 3.63) is 0 Å². The Balaban J connectivity index is 2.85. The summed E-state index contributed by atoms with van der Waals surface area (Å²) in [4.78, 5) is 25.6. The van der Waals surface area contributed by atoms with Gasteiger partial charge < -0.3 is 14.4 Å². The zero-order valence-electron chi connectivity index (χ0n) is 12.6. The third-order valence-electron chi connectivity index (χ3n) is 3.26. The number of ether oxygens (including phenoxy) is 2. The Bertz CT molecular complexity index is 422. The predicted octanol–water partition coefficient (Wildman–Crippen LogP) is 2.09. The van der Waals surface area contributed by atoms with E-state index in [1.807, 2.05) is 6.07 Å². The van der Waals surface area contributed by atoms with Crippen LogP contribution in [0, 0.1) is 16.7 Å². The molecule has 0 saturated carbocycles. The van der Waals surface area contributed by atoms with Crippen molar-refractivity contribution in [1.29, 1.82) is 5.26 Å². The van der Waals surface area contributed by atoms with Crippen molar-refractivity contribution in [2.24, 2.45) is 5.41 Å². The van der Waals surface area contributed by atoms with Crippen LogP contribution in [0.15, 0.2) is 0 Å². The number of amides is 1. The monoisotopic (exact) mass is 282 g/mol. The van der Waals surface area contributed by atoms with Gasteiger partial charge in [0.05, 0.1) is 25.0 Å². The van der Waals surface area contributed by atoms with Crippen molar-refractivity contribution in [2.45, 2.75) is 45.6 Å². The first-order valence-electron chi connectivity index (χ1n) is 6.67. The zero-order chi connectivity index (χ0) is 15.4. The lowest BCUT2D eigenvalue weighted by atomic mass is 9.77. The lowest BCUT2D eigenvalue weighted by Crippen LogP contribution is -2.51. The van der Waals surface area contributed by atoms with Crippen LogP contribution in [0.25, 0.3) is 0 Å². The Kier molecular flexibility index (Phi) is 4.98. The molecule has 1 aliphatic heterocycles. The summed E-state index contributed by atoms with van der Waals surface area (Å²) >= 11 is 0. The molecule has 0 radical (unpaired) electrons. The molecule has 1 fully saturated rings.